The number of benzene rings is 1. The minimum absolute atomic E-state index is 0.277. The number of alkyl carbamates (subject to hydrolysis) is 1. The molecule has 0 saturated heterocycles. The number of amides is 3. The molecule has 7 heteroatoms. The monoisotopic (exact) mass is 443 g/mol. The Morgan fingerprint density at radius 2 is 1.69 bits per heavy atom. The fourth-order valence-electron chi connectivity index (χ4n) is 2.96. The molecule has 0 aliphatic rings. The van der Waals surface area contributed by atoms with Gasteiger partial charge in [-0.3, -0.25) is 9.59 Å². The van der Waals surface area contributed by atoms with Crippen molar-refractivity contribution in [2.75, 3.05) is 13.1 Å². The van der Waals surface area contributed by atoms with E-state index >= 15 is 0 Å². The molecule has 3 amide bonds. The first-order chi connectivity index (χ1) is 14.8. The van der Waals surface area contributed by atoms with Gasteiger partial charge in [0.25, 0.3) is 0 Å². The first kappa shape index (κ1) is 27.0. The molecule has 2 N–H and O–H groups in total. The fraction of sp³-hybridized carbons (Fsp3) is 0.560. The van der Waals surface area contributed by atoms with Crippen LogP contribution in [0.25, 0.3) is 0 Å². The zero-order valence-electron chi connectivity index (χ0n) is 20.4. The molecule has 0 aliphatic heterocycles. The predicted octanol–water partition coefficient (Wildman–Crippen LogP) is 3.78. The van der Waals surface area contributed by atoms with E-state index in [9.17, 15) is 14.4 Å². The Morgan fingerprint density at radius 3 is 2.16 bits per heavy atom. The van der Waals surface area contributed by atoms with Gasteiger partial charge in [0, 0.05) is 17.6 Å². The van der Waals surface area contributed by atoms with E-state index in [2.05, 4.69) is 16.6 Å². The molecule has 0 heterocycles. The highest BCUT2D eigenvalue weighted by atomic mass is 16.6. The molecule has 0 saturated carbocycles. The van der Waals surface area contributed by atoms with Gasteiger partial charge in [-0.1, -0.05) is 31.4 Å². The van der Waals surface area contributed by atoms with Gasteiger partial charge >= 0.3 is 6.09 Å². The Morgan fingerprint density at radius 1 is 1.09 bits per heavy atom. The molecule has 1 aromatic carbocycles. The van der Waals surface area contributed by atoms with Gasteiger partial charge in [0.05, 0.1) is 0 Å². The van der Waals surface area contributed by atoms with Crippen LogP contribution in [-0.4, -0.2) is 47.0 Å². The standard InChI is InChI=1S/C25H37N3O4/c1-9-11-16-28(20(29)17-26-23(31)32-25(6,7)8)21(22(30)27-24(3,4)5)19-14-12-18(10-2)13-15-19/h2,12-15,21H,9,11,16-17H2,1,3-8H3,(H,26,31)(H,27,30). The summed E-state index contributed by atoms with van der Waals surface area (Å²) in [6.45, 7) is 13.0. The van der Waals surface area contributed by atoms with Crippen LogP contribution in [0.2, 0.25) is 0 Å². The van der Waals surface area contributed by atoms with Crippen molar-refractivity contribution in [1.82, 2.24) is 15.5 Å². The lowest BCUT2D eigenvalue weighted by atomic mass is 10.00. The van der Waals surface area contributed by atoms with Crippen molar-refractivity contribution in [1.29, 1.82) is 0 Å². The van der Waals surface area contributed by atoms with Crippen LogP contribution in [0.15, 0.2) is 24.3 Å². The van der Waals surface area contributed by atoms with Gasteiger partial charge in [-0.2, -0.15) is 0 Å². The molecule has 1 atom stereocenters. The SMILES string of the molecule is C#Cc1ccc(C(C(=O)NC(C)(C)C)N(CCCC)C(=O)CNC(=O)OC(C)(C)C)cc1. The molecular weight excluding hydrogens is 406 g/mol. The van der Waals surface area contributed by atoms with Crippen molar-refractivity contribution in [3.63, 3.8) is 0 Å². The van der Waals surface area contributed by atoms with Crippen LogP contribution in [0.1, 0.15) is 78.5 Å². The summed E-state index contributed by atoms with van der Waals surface area (Å²) in [6.07, 6.45) is 6.32. The summed E-state index contributed by atoms with van der Waals surface area (Å²) in [6, 6.07) is 6.15. The van der Waals surface area contributed by atoms with E-state index in [1.807, 2.05) is 27.7 Å². The molecule has 176 valence electrons. The normalized spacial score (nSPS) is 12.3. The van der Waals surface area contributed by atoms with Crippen LogP contribution < -0.4 is 10.6 Å². The molecule has 0 aliphatic carbocycles. The Labute approximate surface area is 192 Å². The van der Waals surface area contributed by atoms with Gasteiger partial charge in [0.15, 0.2) is 0 Å². The third kappa shape index (κ3) is 9.42. The predicted molar refractivity (Wildman–Crippen MR) is 126 cm³/mol. The molecule has 0 spiro atoms. The molecule has 0 fully saturated rings. The molecule has 1 aromatic rings. The first-order valence-corrected chi connectivity index (χ1v) is 10.9. The van der Waals surface area contributed by atoms with Gasteiger partial charge in [-0.15, -0.1) is 6.42 Å². The third-order valence-electron chi connectivity index (χ3n) is 4.31. The zero-order valence-corrected chi connectivity index (χ0v) is 20.4. The Balaban J connectivity index is 3.23. The van der Waals surface area contributed by atoms with Crippen LogP contribution in [0.4, 0.5) is 4.79 Å². The number of hydrogen-bond acceptors (Lipinski definition) is 4. The molecule has 0 aromatic heterocycles. The maximum Gasteiger partial charge on any atom is 0.408 e. The van der Waals surface area contributed by atoms with Crippen molar-refractivity contribution in [3.8, 4) is 12.3 Å². The number of ether oxygens (including phenoxy) is 1. The van der Waals surface area contributed by atoms with Gasteiger partial charge in [0.1, 0.15) is 18.2 Å². The fourth-order valence-corrected chi connectivity index (χ4v) is 2.96. The smallest absolute Gasteiger partial charge is 0.408 e. The topological polar surface area (TPSA) is 87.7 Å². The number of hydrogen-bond donors (Lipinski definition) is 2. The highest BCUT2D eigenvalue weighted by molar-refractivity contribution is 5.90. The van der Waals surface area contributed by atoms with Crippen LogP contribution in [0.5, 0.6) is 0 Å². The van der Waals surface area contributed by atoms with Crippen LogP contribution in [0.3, 0.4) is 0 Å². The van der Waals surface area contributed by atoms with E-state index in [1.165, 1.54) is 4.90 Å². The van der Waals surface area contributed by atoms with Crippen molar-refractivity contribution in [3.05, 3.63) is 35.4 Å². The van der Waals surface area contributed by atoms with E-state index in [0.29, 0.717) is 24.1 Å². The van der Waals surface area contributed by atoms with E-state index in [-0.39, 0.29) is 18.4 Å². The Hall–Kier alpha value is -3.01. The number of terminal acetylenes is 1. The van der Waals surface area contributed by atoms with Crippen molar-refractivity contribution in [2.45, 2.75) is 78.5 Å². The first-order valence-electron chi connectivity index (χ1n) is 10.9. The lowest BCUT2D eigenvalue weighted by Gasteiger charge is -2.34. The number of carbonyl (C=O) groups is 3. The van der Waals surface area contributed by atoms with Crippen molar-refractivity contribution < 1.29 is 19.1 Å². The summed E-state index contributed by atoms with van der Waals surface area (Å²) in [5, 5.41) is 5.47. The largest absolute Gasteiger partial charge is 0.444 e. The van der Waals surface area contributed by atoms with Gasteiger partial charge in [-0.25, -0.2) is 4.79 Å². The number of nitrogens with zero attached hydrogens (tertiary/aromatic N) is 1. The second kappa shape index (κ2) is 11.6. The van der Waals surface area contributed by atoms with Crippen LogP contribution >= 0.6 is 0 Å². The van der Waals surface area contributed by atoms with Crippen LogP contribution in [0, 0.1) is 12.3 Å². The van der Waals surface area contributed by atoms with E-state index in [0.717, 1.165) is 6.42 Å². The molecule has 0 bridgehead atoms. The quantitative estimate of drug-likeness (QED) is 0.599. The van der Waals surface area contributed by atoms with Gasteiger partial charge in [-0.05, 0) is 65.7 Å². The molecule has 1 unspecified atom stereocenters. The van der Waals surface area contributed by atoms with Crippen LogP contribution in [-0.2, 0) is 14.3 Å². The summed E-state index contributed by atoms with van der Waals surface area (Å²) >= 11 is 0. The minimum Gasteiger partial charge on any atom is -0.444 e. The second-order valence-electron chi connectivity index (χ2n) is 9.70. The van der Waals surface area contributed by atoms with Crippen molar-refractivity contribution in [2.24, 2.45) is 0 Å². The molecule has 0 radical (unpaired) electrons. The number of carbonyl (C=O) groups excluding carboxylic acids is 3. The average Bonchev–Trinajstić information content (AvgIpc) is 2.66. The zero-order chi connectivity index (χ0) is 24.5. The third-order valence-corrected chi connectivity index (χ3v) is 4.31. The summed E-state index contributed by atoms with van der Waals surface area (Å²) in [5.74, 6) is 1.88. The maximum atomic E-state index is 13.3. The summed E-state index contributed by atoms with van der Waals surface area (Å²) in [4.78, 5) is 40.0. The lowest BCUT2D eigenvalue weighted by molar-refractivity contribution is -0.141. The number of nitrogens with one attached hydrogen (secondary N) is 2. The molecule has 32 heavy (non-hydrogen) atoms. The highest BCUT2D eigenvalue weighted by Gasteiger charge is 2.33. The maximum absolute atomic E-state index is 13.3. The average molecular weight is 444 g/mol. The summed E-state index contributed by atoms with van der Waals surface area (Å²) in [5.41, 5.74) is 0.167. The molecule has 7 nitrogen and oxygen atoms in total. The second-order valence-corrected chi connectivity index (χ2v) is 9.70. The highest BCUT2D eigenvalue weighted by Crippen LogP contribution is 2.24. The lowest BCUT2D eigenvalue weighted by Crippen LogP contribution is -2.51. The van der Waals surface area contributed by atoms with E-state index < -0.39 is 23.3 Å². The Bertz CT molecular complexity index is 827. The summed E-state index contributed by atoms with van der Waals surface area (Å²) < 4.78 is 5.21. The molecular formula is C25H37N3O4. The van der Waals surface area contributed by atoms with Gasteiger partial charge in [0.2, 0.25) is 11.8 Å². The van der Waals surface area contributed by atoms with E-state index in [4.69, 9.17) is 11.2 Å². The summed E-state index contributed by atoms with van der Waals surface area (Å²) in [7, 11) is 0. The Kier molecular flexibility index (Phi) is 9.77. The number of rotatable bonds is 8. The minimum atomic E-state index is -0.861. The molecule has 1 rings (SSSR count). The van der Waals surface area contributed by atoms with Gasteiger partial charge < -0.3 is 20.3 Å². The van der Waals surface area contributed by atoms with Crippen molar-refractivity contribution >= 4 is 17.9 Å². The number of unbranched alkanes of at least 4 members (excludes halogenated alkanes) is 1. The van der Waals surface area contributed by atoms with E-state index in [1.54, 1.807) is 45.0 Å².